The summed E-state index contributed by atoms with van der Waals surface area (Å²) in [5, 5.41) is 9.38. The average Bonchev–Trinajstić information content (AvgIpc) is 3.28. The number of para-hydroxylation sites is 2. The van der Waals surface area contributed by atoms with Gasteiger partial charge in [0.25, 0.3) is 0 Å². The number of hydrogen-bond donors (Lipinski definition) is 0. The SMILES string of the molecule is COc1ccccc1-n1c(SC(C)C(=O)OCCc2ccccc2)nnc1C1CCCCC1. The van der Waals surface area contributed by atoms with Crippen LogP contribution in [-0.2, 0) is 16.0 Å². The molecule has 1 aliphatic rings. The summed E-state index contributed by atoms with van der Waals surface area (Å²) in [6.45, 7) is 2.22. The number of aromatic nitrogens is 3. The normalized spacial score (nSPS) is 15.2. The number of esters is 1. The summed E-state index contributed by atoms with van der Waals surface area (Å²) in [4.78, 5) is 12.7. The van der Waals surface area contributed by atoms with Crippen LogP contribution in [0, 0.1) is 0 Å². The van der Waals surface area contributed by atoms with Gasteiger partial charge in [0.15, 0.2) is 5.16 Å². The Morgan fingerprint density at radius 1 is 1.06 bits per heavy atom. The molecule has 1 unspecified atom stereocenters. The van der Waals surface area contributed by atoms with Gasteiger partial charge in [-0.2, -0.15) is 0 Å². The predicted molar refractivity (Wildman–Crippen MR) is 130 cm³/mol. The van der Waals surface area contributed by atoms with Gasteiger partial charge in [-0.15, -0.1) is 10.2 Å². The Bertz CT molecular complexity index is 1050. The second kappa shape index (κ2) is 11.4. The van der Waals surface area contributed by atoms with Crippen molar-refractivity contribution in [2.45, 2.75) is 61.8 Å². The number of nitrogens with zero attached hydrogens (tertiary/aromatic N) is 3. The zero-order chi connectivity index (χ0) is 23.0. The molecule has 33 heavy (non-hydrogen) atoms. The van der Waals surface area contributed by atoms with Crippen LogP contribution in [0.1, 0.15) is 56.3 Å². The number of rotatable bonds is 9. The van der Waals surface area contributed by atoms with E-state index in [1.165, 1.54) is 31.0 Å². The van der Waals surface area contributed by atoms with Gasteiger partial charge in [-0.1, -0.05) is 73.5 Å². The molecule has 3 aromatic rings. The third kappa shape index (κ3) is 5.77. The molecule has 0 amide bonds. The van der Waals surface area contributed by atoms with Gasteiger partial charge < -0.3 is 9.47 Å². The van der Waals surface area contributed by atoms with Crippen molar-refractivity contribution in [3.8, 4) is 11.4 Å². The zero-order valence-electron chi connectivity index (χ0n) is 19.3. The highest BCUT2D eigenvalue weighted by Crippen LogP contribution is 2.37. The van der Waals surface area contributed by atoms with Crippen molar-refractivity contribution in [3.63, 3.8) is 0 Å². The van der Waals surface area contributed by atoms with E-state index in [4.69, 9.17) is 9.47 Å². The molecule has 1 saturated carbocycles. The largest absolute Gasteiger partial charge is 0.495 e. The van der Waals surface area contributed by atoms with Gasteiger partial charge in [-0.05, 0) is 37.5 Å². The second-order valence-corrected chi connectivity index (χ2v) is 9.65. The third-order valence-electron chi connectivity index (χ3n) is 6.05. The maximum atomic E-state index is 12.7. The van der Waals surface area contributed by atoms with Crippen molar-refractivity contribution in [1.29, 1.82) is 0 Å². The molecule has 0 N–H and O–H groups in total. The van der Waals surface area contributed by atoms with E-state index in [0.29, 0.717) is 24.1 Å². The molecule has 174 valence electrons. The summed E-state index contributed by atoms with van der Waals surface area (Å²) >= 11 is 1.38. The second-order valence-electron chi connectivity index (χ2n) is 8.35. The molecule has 2 aromatic carbocycles. The number of ether oxygens (including phenoxy) is 2. The minimum Gasteiger partial charge on any atom is -0.495 e. The van der Waals surface area contributed by atoms with Crippen molar-refractivity contribution in [1.82, 2.24) is 14.8 Å². The lowest BCUT2D eigenvalue weighted by Gasteiger charge is -2.23. The van der Waals surface area contributed by atoms with Gasteiger partial charge in [-0.3, -0.25) is 9.36 Å². The Kier molecular flexibility index (Phi) is 8.05. The molecule has 1 fully saturated rings. The van der Waals surface area contributed by atoms with Gasteiger partial charge in [0.05, 0.1) is 19.4 Å². The van der Waals surface area contributed by atoms with Gasteiger partial charge in [0.2, 0.25) is 0 Å². The number of carbonyl (C=O) groups excluding carboxylic acids is 1. The first-order chi connectivity index (χ1) is 16.2. The highest BCUT2D eigenvalue weighted by atomic mass is 32.2. The monoisotopic (exact) mass is 465 g/mol. The Morgan fingerprint density at radius 2 is 1.79 bits per heavy atom. The highest BCUT2D eigenvalue weighted by Gasteiger charge is 2.28. The van der Waals surface area contributed by atoms with Crippen molar-refractivity contribution in [2.75, 3.05) is 13.7 Å². The van der Waals surface area contributed by atoms with Crippen molar-refractivity contribution in [2.24, 2.45) is 0 Å². The Morgan fingerprint density at radius 3 is 2.55 bits per heavy atom. The summed E-state index contributed by atoms with van der Waals surface area (Å²) in [6.07, 6.45) is 6.59. The lowest BCUT2D eigenvalue weighted by Crippen LogP contribution is -2.19. The van der Waals surface area contributed by atoms with Gasteiger partial charge in [-0.25, -0.2) is 0 Å². The average molecular weight is 466 g/mol. The topological polar surface area (TPSA) is 66.2 Å². The fourth-order valence-corrected chi connectivity index (χ4v) is 5.13. The van der Waals surface area contributed by atoms with E-state index in [0.717, 1.165) is 35.7 Å². The van der Waals surface area contributed by atoms with E-state index in [2.05, 4.69) is 14.8 Å². The first-order valence-corrected chi connectivity index (χ1v) is 12.5. The van der Waals surface area contributed by atoms with Crippen molar-refractivity contribution in [3.05, 3.63) is 66.0 Å². The Labute approximate surface area is 199 Å². The zero-order valence-corrected chi connectivity index (χ0v) is 20.1. The fraction of sp³-hybridized carbons (Fsp3) is 0.423. The maximum Gasteiger partial charge on any atom is 0.319 e. The van der Waals surface area contributed by atoms with Crippen LogP contribution in [0.3, 0.4) is 0 Å². The molecule has 4 rings (SSSR count). The van der Waals surface area contributed by atoms with E-state index in [9.17, 15) is 4.79 Å². The molecule has 1 atom stereocenters. The maximum absolute atomic E-state index is 12.7. The summed E-state index contributed by atoms with van der Waals surface area (Å²) in [5.74, 6) is 1.82. The first kappa shape index (κ1) is 23.4. The first-order valence-electron chi connectivity index (χ1n) is 11.6. The third-order valence-corrected chi connectivity index (χ3v) is 7.07. The highest BCUT2D eigenvalue weighted by molar-refractivity contribution is 8.00. The smallest absolute Gasteiger partial charge is 0.319 e. The van der Waals surface area contributed by atoms with Crippen molar-refractivity contribution >= 4 is 17.7 Å². The molecule has 1 aromatic heterocycles. The lowest BCUT2D eigenvalue weighted by atomic mass is 9.88. The molecule has 7 heteroatoms. The van der Waals surface area contributed by atoms with Crippen LogP contribution in [0.4, 0.5) is 0 Å². The molecular formula is C26H31N3O3S. The number of hydrogen-bond acceptors (Lipinski definition) is 6. The van der Waals surface area contributed by atoms with Crippen LogP contribution in [0.25, 0.3) is 5.69 Å². The van der Waals surface area contributed by atoms with Crippen LogP contribution in [0.5, 0.6) is 5.75 Å². The van der Waals surface area contributed by atoms with Crippen molar-refractivity contribution < 1.29 is 14.3 Å². The van der Waals surface area contributed by atoms with Crippen LogP contribution >= 0.6 is 11.8 Å². The molecule has 0 bridgehead atoms. The molecule has 0 spiro atoms. The van der Waals surface area contributed by atoms with Crippen LogP contribution in [-0.4, -0.2) is 39.7 Å². The van der Waals surface area contributed by atoms with E-state index >= 15 is 0 Å². The molecule has 0 radical (unpaired) electrons. The summed E-state index contributed by atoms with van der Waals surface area (Å²) in [6, 6.07) is 17.9. The number of thioether (sulfide) groups is 1. The van der Waals surface area contributed by atoms with E-state index in [1.807, 2.05) is 61.5 Å². The molecule has 1 heterocycles. The van der Waals surface area contributed by atoms with E-state index in [1.54, 1.807) is 7.11 Å². The standard InChI is InChI=1S/C26H31N3O3S/c1-19(25(30)32-18-17-20-11-5-3-6-12-20)33-26-28-27-24(21-13-7-4-8-14-21)29(26)22-15-9-10-16-23(22)31-2/h3,5-6,9-12,15-16,19,21H,4,7-8,13-14,17-18H2,1-2H3. The molecule has 0 saturated heterocycles. The van der Waals surface area contributed by atoms with Crippen LogP contribution in [0.2, 0.25) is 0 Å². The summed E-state index contributed by atoms with van der Waals surface area (Å²) in [7, 11) is 1.67. The van der Waals surface area contributed by atoms with E-state index < -0.39 is 5.25 Å². The van der Waals surface area contributed by atoms with Gasteiger partial charge >= 0.3 is 5.97 Å². The molecule has 0 aliphatic heterocycles. The molecule has 1 aliphatic carbocycles. The molecule has 6 nitrogen and oxygen atoms in total. The van der Waals surface area contributed by atoms with E-state index in [-0.39, 0.29) is 5.97 Å². The van der Waals surface area contributed by atoms with Crippen LogP contribution < -0.4 is 4.74 Å². The minimum absolute atomic E-state index is 0.246. The quantitative estimate of drug-likeness (QED) is 0.303. The fourth-order valence-electron chi connectivity index (χ4n) is 4.26. The summed E-state index contributed by atoms with van der Waals surface area (Å²) < 4.78 is 13.3. The number of methoxy groups -OCH3 is 1. The van der Waals surface area contributed by atoms with Crippen LogP contribution in [0.15, 0.2) is 59.8 Å². The Balaban J connectivity index is 1.51. The van der Waals surface area contributed by atoms with Gasteiger partial charge in [0, 0.05) is 12.3 Å². The molecular weight excluding hydrogens is 434 g/mol. The minimum atomic E-state index is -0.405. The predicted octanol–water partition coefficient (Wildman–Crippen LogP) is 5.59. The summed E-state index contributed by atoms with van der Waals surface area (Å²) in [5.41, 5.74) is 2.05. The number of benzene rings is 2. The Hall–Kier alpha value is -2.80. The lowest BCUT2D eigenvalue weighted by molar-refractivity contribution is -0.142. The van der Waals surface area contributed by atoms with Gasteiger partial charge in [0.1, 0.15) is 16.8 Å². The number of carbonyl (C=O) groups is 1.